The van der Waals surface area contributed by atoms with Crippen LogP contribution < -0.4 is 5.73 Å². The predicted octanol–water partition coefficient (Wildman–Crippen LogP) is 0.834. The second-order valence-electron chi connectivity index (χ2n) is 3.67. The molecule has 0 aliphatic carbocycles. The molecule has 2 unspecified atom stereocenters. The molecule has 3 nitrogen and oxygen atoms in total. The summed E-state index contributed by atoms with van der Waals surface area (Å²) in [5, 5.41) is 0. The Morgan fingerprint density at radius 3 is 2.85 bits per heavy atom. The van der Waals surface area contributed by atoms with Crippen LogP contribution >= 0.6 is 0 Å². The fraction of sp³-hybridized carbons (Fsp3) is 1.00. The molecule has 1 saturated heterocycles. The van der Waals surface area contributed by atoms with E-state index in [-0.39, 0.29) is 0 Å². The quantitative estimate of drug-likeness (QED) is 0.707. The van der Waals surface area contributed by atoms with Gasteiger partial charge in [0.15, 0.2) is 0 Å². The number of rotatable bonds is 4. The van der Waals surface area contributed by atoms with E-state index in [1.165, 1.54) is 0 Å². The van der Waals surface area contributed by atoms with Crippen molar-refractivity contribution in [3.05, 3.63) is 0 Å². The molecule has 1 aliphatic heterocycles. The Hall–Kier alpha value is -0.120. The van der Waals surface area contributed by atoms with Crippen molar-refractivity contribution in [2.24, 2.45) is 5.73 Å². The smallest absolute Gasteiger partial charge is 0.0622 e. The van der Waals surface area contributed by atoms with Crippen LogP contribution in [0.1, 0.15) is 26.7 Å². The minimum absolute atomic E-state index is 0.550. The topological polar surface area (TPSA) is 38.5 Å². The first-order valence-electron chi connectivity index (χ1n) is 5.37. The minimum atomic E-state index is 0.550. The molecule has 0 amide bonds. The molecule has 2 atom stereocenters. The van der Waals surface area contributed by atoms with Crippen molar-refractivity contribution < 1.29 is 4.74 Å². The molecule has 1 fully saturated rings. The van der Waals surface area contributed by atoms with Gasteiger partial charge in [-0.2, -0.15) is 0 Å². The zero-order valence-electron chi connectivity index (χ0n) is 8.83. The molecule has 0 spiro atoms. The highest BCUT2D eigenvalue weighted by Gasteiger charge is 2.26. The normalized spacial score (nSPS) is 27.5. The monoisotopic (exact) mass is 186 g/mol. The van der Waals surface area contributed by atoms with E-state index < -0.39 is 0 Å². The summed E-state index contributed by atoms with van der Waals surface area (Å²) in [7, 11) is 0. The largest absolute Gasteiger partial charge is 0.378 e. The molecule has 2 N–H and O–H groups in total. The van der Waals surface area contributed by atoms with E-state index in [0.29, 0.717) is 12.1 Å². The van der Waals surface area contributed by atoms with Gasteiger partial charge in [0.25, 0.3) is 0 Å². The lowest BCUT2D eigenvalue weighted by atomic mass is 10.1. The number of nitrogens with two attached hydrogens (primary N) is 1. The maximum Gasteiger partial charge on any atom is 0.0622 e. The molecule has 0 bridgehead atoms. The molecule has 1 aliphatic rings. The summed E-state index contributed by atoms with van der Waals surface area (Å²) in [5.41, 5.74) is 5.75. The Bertz CT molecular complexity index is 129. The molecule has 1 heterocycles. The van der Waals surface area contributed by atoms with Crippen LogP contribution in [0.15, 0.2) is 0 Å². The van der Waals surface area contributed by atoms with Crippen molar-refractivity contribution in [2.75, 3.05) is 26.3 Å². The van der Waals surface area contributed by atoms with E-state index in [1.54, 1.807) is 0 Å². The first kappa shape index (κ1) is 11.0. The van der Waals surface area contributed by atoms with Crippen LogP contribution in [0.5, 0.6) is 0 Å². The molecular formula is C10H22N2O. The van der Waals surface area contributed by atoms with Gasteiger partial charge in [-0.3, -0.25) is 4.90 Å². The number of hydrogen-bond donors (Lipinski definition) is 1. The van der Waals surface area contributed by atoms with E-state index >= 15 is 0 Å². The van der Waals surface area contributed by atoms with Crippen LogP contribution in [0.25, 0.3) is 0 Å². The van der Waals surface area contributed by atoms with Crippen molar-refractivity contribution >= 4 is 0 Å². The molecule has 0 aromatic heterocycles. The van der Waals surface area contributed by atoms with Gasteiger partial charge in [-0.15, -0.1) is 0 Å². The Kier molecular flexibility index (Phi) is 4.70. The third-order valence-electron chi connectivity index (χ3n) is 2.96. The van der Waals surface area contributed by atoms with Gasteiger partial charge < -0.3 is 10.5 Å². The summed E-state index contributed by atoms with van der Waals surface area (Å²) in [6, 6.07) is 1.14. The molecular weight excluding hydrogens is 164 g/mol. The van der Waals surface area contributed by atoms with Crippen molar-refractivity contribution in [1.82, 2.24) is 4.90 Å². The van der Waals surface area contributed by atoms with E-state index in [2.05, 4.69) is 18.7 Å². The van der Waals surface area contributed by atoms with Gasteiger partial charge >= 0.3 is 0 Å². The van der Waals surface area contributed by atoms with Gasteiger partial charge in [0, 0.05) is 25.2 Å². The molecule has 0 aromatic carbocycles. The highest BCUT2D eigenvalue weighted by Crippen LogP contribution is 2.15. The average molecular weight is 186 g/mol. The van der Waals surface area contributed by atoms with Gasteiger partial charge in [-0.05, 0) is 12.8 Å². The molecule has 0 aromatic rings. The van der Waals surface area contributed by atoms with E-state index in [4.69, 9.17) is 10.5 Å². The maximum absolute atomic E-state index is 5.75. The molecule has 78 valence electrons. The third-order valence-corrected chi connectivity index (χ3v) is 2.96. The summed E-state index contributed by atoms with van der Waals surface area (Å²) < 4.78 is 5.46. The summed E-state index contributed by atoms with van der Waals surface area (Å²) >= 11 is 0. The van der Waals surface area contributed by atoms with Crippen LogP contribution in [-0.2, 0) is 4.74 Å². The number of hydrogen-bond acceptors (Lipinski definition) is 3. The molecule has 0 saturated carbocycles. The standard InChI is InChI=1S/C10H22N2O/c1-3-9(7-11)12-5-6-13-8-10(12)4-2/h9-10H,3-8,11H2,1-2H3. The fourth-order valence-electron chi connectivity index (χ4n) is 2.04. The predicted molar refractivity (Wildman–Crippen MR) is 54.7 cm³/mol. The van der Waals surface area contributed by atoms with Crippen molar-refractivity contribution in [1.29, 1.82) is 0 Å². The lowest BCUT2D eigenvalue weighted by Gasteiger charge is -2.40. The highest BCUT2D eigenvalue weighted by molar-refractivity contribution is 4.80. The van der Waals surface area contributed by atoms with Crippen LogP contribution in [0.4, 0.5) is 0 Å². The molecule has 13 heavy (non-hydrogen) atoms. The van der Waals surface area contributed by atoms with E-state index in [0.717, 1.165) is 39.1 Å². The van der Waals surface area contributed by atoms with E-state index in [9.17, 15) is 0 Å². The van der Waals surface area contributed by atoms with Crippen molar-refractivity contribution in [3.8, 4) is 0 Å². The number of ether oxygens (including phenoxy) is 1. The fourth-order valence-corrected chi connectivity index (χ4v) is 2.04. The summed E-state index contributed by atoms with van der Waals surface area (Å²) in [5.74, 6) is 0. The summed E-state index contributed by atoms with van der Waals surface area (Å²) in [6.45, 7) is 8.00. The van der Waals surface area contributed by atoms with Gasteiger partial charge in [0.2, 0.25) is 0 Å². The van der Waals surface area contributed by atoms with Crippen LogP contribution in [-0.4, -0.2) is 43.3 Å². The zero-order valence-corrected chi connectivity index (χ0v) is 8.83. The third kappa shape index (κ3) is 2.66. The Morgan fingerprint density at radius 2 is 2.31 bits per heavy atom. The Labute approximate surface area is 81.2 Å². The summed E-state index contributed by atoms with van der Waals surface area (Å²) in [6.07, 6.45) is 2.31. The minimum Gasteiger partial charge on any atom is -0.378 e. The maximum atomic E-state index is 5.75. The zero-order chi connectivity index (χ0) is 9.68. The second kappa shape index (κ2) is 5.58. The van der Waals surface area contributed by atoms with Crippen LogP contribution in [0, 0.1) is 0 Å². The van der Waals surface area contributed by atoms with Gasteiger partial charge in [-0.1, -0.05) is 13.8 Å². The Morgan fingerprint density at radius 1 is 1.54 bits per heavy atom. The SMILES string of the molecule is CCC(CN)N1CCOCC1CC. The van der Waals surface area contributed by atoms with Crippen LogP contribution in [0.3, 0.4) is 0 Å². The van der Waals surface area contributed by atoms with Crippen molar-refractivity contribution in [3.63, 3.8) is 0 Å². The van der Waals surface area contributed by atoms with E-state index in [1.807, 2.05) is 0 Å². The van der Waals surface area contributed by atoms with Gasteiger partial charge in [0.05, 0.1) is 13.2 Å². The summed E-state index contributed by atoms with van der Waals surface area (Å²) in [4.78, 5) is 2.52. The Balaban J connectivity index is 2.51. The van der Waals surface area contributed by atoms with Gasteiger partial charge in [0.1, 0.15) is 0 Å². The van der Waals surface area contributed by atoms with Crippen LogP contribution in [0.2, 0.25) is 0 Å². The lowest BCUT2D eigenvalue weighted by Crippen LogP contribution is -2.52. The molecule has 1 rings (SSSR count). The average Bonchev–Trinajstić information content (AvgIpc) is 2.20. The second-order valence-corrected chi connectivity index (χ2v) is 3.67. The first-order valence-corrected chi connectivity index (χ1v) is 5.37. The highest BCUT2D eigenvalue weighted by atomic mass is 16.5. The first-order chi connectivity index (χ1) is 6.33. The molecule has 3 heteroatoms. The number of nitrogens with zero attached hydrogens (tertiary/aromatic N) is 1. The molecule has 0 radical (unpaired) electrons. The van der Waals surface area contributed by atoms with Crippen molar-refractivity contribution in [2.45, 2.75) is 38.8 Å². The van der Waals surface area contributed by atoms with Gasteiger partial charge in [-0.25, -0.2) is 0 Å². The lowest BCUT2D eigenvalue weighted by molar-refractivity contribution is -0.0289. The number of morpholine rings is 1.